The lowest BCUT2D eigenvalue weighted by Gasteiger charge is -2.14. The number of benzene rings is 2. The van der Waals surface area contributed by atoms with Crippen LogP contribution >= 0.6 is 0 Å². The average molecular weight is 370 g/mol. The molecule has 3 rings (SSSR count). The van der Waals surface area contributed by atoms with Crippen molar-refractivity contribution in [3.05, 3.63) is 47.7 Å². The molecule has 8 heteroatoms. The van der Waals surface area contributed by atoms with Gasteiger partial charge in [-0.25, -0.2) is 4.79 Å². The number of hydrogen-bond acceptors (Lipinski definition) is 7. The normalized spacial score (nSPS) is 10.5. The minimum absolute atomic E-state index is 0.0219. The van der Waals surface area contributed by atoms with E-state index in [2.05, 4.69) is 10.5 Å². The summed E-state index contributed by atoms with van der Waals surface area (Å²) in [6, 6.07) is 10.2. The molecule has 0 aliphatic heterocycles. The first-order chi connectivity index (χ1) is 13.1. The monoisotopic (exact) mass is 370 g/mol. The summed E-state index contributed by atoms with van der Waals surface area (Å²) < 4.78 is 20.4. The second-order valence-electron chi connectivity index (χ2n) is 5.59. The van der Waals surface area contributed by atoms with Gasteiger partial charge in [0.15, 0.2) is 17.1 Å². The quantitative estimate of drug-likeness (QED) is 0.666. The Balaban J connectivity index is 1.89. The lowest BCUT2D eigenvalue weighted by molar-refractivity contribution is -0.115. The Morgan fingerprint density at radius 1 is 1.07 bits per heavy atom. The Morgan fingerprint density at radius 3 is 2.48 bits per heavy atom. The molecule has 27 heavy (non-hydrogen) atoms. The molecule has 0 aliphatic rings. The molecular weight excluding hydrogens is 352 g/mol. The number of hydrogen-bond donors (Lipinski definition) is 1. The van der Waals surface area contributed by atoms with Crippen LogP contribution in [0.25, 0.3) is 11.0 Å². The minimum Gasteiger partial charge on any atom is -0.493 e. The van der Waals surface area contributed by atoms with Gasteiger partial charge in [0, 0.05) is 17.5 Å². The summed E-state index contributed by atoms with van der Waals surface area (Å²) in [6.07, 6.45) is -0.0219. The molecule has 0 saturated carbocycles. The van der Waals surface area contributed by atoms with E-state index in [9.17, 15) is 9.59 Å². The fourth-order valence-corrected chi connectivity index (χ4v) is 2.67. The highest BCUT2D eigenvalue weighted by Crippen LogP contribution is 2.34. The van der Waals surface area contributed by atoms with E-state index in [4.69, 9.17) is 18.7 Å². The Bertz CT molecular complexity index is 995. The zero-order valence-electron chi connectivity index (χ0n) is 15.1. The highest BCUT2D eigenvalue weighted by molar-refractivity contribution is 6.03. The Morgan fingerprint density at radius 2 is 1.78 bits per heavy atom. The van der Waals surface area contributed by atoms with Crippen LogP contribution in [0, 0.1) is 0 Å². The molecule has 1 amide bonds. The summed E-state index contributed by atoms with van der Waals surface area (Å²) in [7, 11) is 4.17. The predicted octanol–water partition coefficient (Wildman–Crippen LogP) is 2.81. The molecule has 0 spiro atoms. The molecule has 1 N–H and O–H groups in total. The molecular formula is C19H18N2O6. The van der Waals surface area contributed by atoms with Gasteiger partial charge >= 0.3 is 5.97 Å². The minimum atomic E-state index is -0.613. The number of rotatable bonds is 6. The SMILES string of the molecule is COC(=O)c1cc(OC)c(OC)cc1NC(=O)Cc1noc2ccccc12. The highest BCUT2D eigenvalue weighted by Gasteiger charge is 2.20. The summed E-state index contributed by atoms with van der Waals surface area (Å²) in [4.78, 5) is 24.6. The van der Waals surface area contributed by atoms with Crippen molar-refractivity contribution >= 4 is 28.5 Å². The Kier molecular flexibility index (Phi) is 5.25. The van der Waals surface area contributed by atoms with Gasteiger partial charge in [-0.1, -0.05) is 17.3 Å². The van der Waals surface area contributed by atoms with Crippen LogP contribution in [0.5, 0.6) is 11.5 Å². The number of amides is 1. The third-order valence-corrected chi connectivity index (χ3v) is 3.98. The molecule has 0 unspecified atom stereocenters. The van der Waals surface area contributed by atoms with Gasteiger partial charge in [-0.15, -0.1) is 0 Å². The van der Waals surface area contributed by atoms with Crippen molar-refractivity contribution in [2.24, 2.45) is 0 Å². The smallest absolute Gasteiger partial charge is 0.340 e. The zero-order chi connectivity index (χ0) is 19.4. The summed E-state index contributed by atoms with van der Waals surface area (Å²) in [5.41, 5.74) is 1.50. The van der Waals surface area contributed by atoms with Crippen molar-refractivity contribution in [2.45, 2.75) is 6.42 Å². The summed E-state index contributed by atoms with van der Waals surface area (Å²) >= 11 is 0. The lowest BCUT2D eigenvalue weighted by Crippen LogP contribution is -2.18. The van der Waals surface area contributed by atoms with Crippen molar-refractivity contribution in [1.29, 1.82) is 0 Å². The number of para-hydroxylation sites is 1. The van der Waals surface area contributed by atoms with E-state index in [1.54, 1.807) is 6.07 Å². The fourth-order valence-electron chi connectivity index (χ4n) is 2.67. The maximum Gasteiger partial charge on any atom is 0.340 e. The number of methoxy groups -OCH3 is 3. The number of carbonyl (C=O) groups excluding carboxylic acids is 2. The largest absolute Gasteiger partial charge is 0.493 e. The van der Waals surface area contributed by atoms with Crippen molar-refractivity contribution in [3.63, 3.8) is 0 Å². The summed E-state index contributed by atoms with van der Waals surface area (Å²) in [5, 5.41) is 7.39. The number of nitrogens with one attached hydrogen (secondary N) is 1. The second kappa shape index (κ2) is 7.77. The van der Waals surface area contributed by atoms with Crippen molar-refractivity contribution in [2.75, 3.05) is 26.6 Å². The first kappa shape index (κ1) is 18.2. The van der Waals surface area contributed by atoms with Crippen LogP contribution in [-0.2, 0) is 16.0 Å². The van der Waals surface area contributed by atoms with Crippen LogP contribution in [0.2, 0.25) is 0 Å². The third-order valence-electron chi connectivity index (χ3n) is 3.98. The topological polar surface area (TPSA) is 99.9 Å². The number of fused-ring (bicyclic) bond motifs is 1. The number of anilines is 1. The molecule has 1 heterocycles. The molecule has 140 valence electrons. The van der Waals surface area contributed by atoms with E-state index >= 15 is 0 Å². The van der Waals surface area contributed by atoms with Gasteiger partial charge in [0.05, 0.1) is 39.0 Å². The van der Waals surface area contributed by atoms with E-state index in [1.165, 1.54) is 33.5 Å². The number of carbonyl (C=O) groups is 2. The first-order valence-corrected chi connectivity index (χ1v) is 8.04. The van der Waals surface area contributed by atoms with Gasteiger partial charge in [0.2, 0.25) is 5.91 Å². The summed E-state index contributed by atoms with van der Waals surface area (Å²) in [5.74, 6) is -0.268. The zero-order valence-corrected chi connectivity index (χ0v) is 15.1. The van der Waals surface area contributed by atoms with Gasteiger partial charge in [-0.05, 0) is 12.1 Å². The Hall–Kier alpha value is -3.55. The molecule has 0 radical (unpaired) electrons. The average Bonchev–Trinajstić information content (AvgIpc) is 3.09. The van der Waals surface area contributed by atoms with Gasteiger partial charge in [-0.3, -0.25) is 4.79 Å². The van der Waals surface area contributed by atoms with Crippen LogP contribution in [0.3, 0.4) is 0 Å². The van der Waals surface area contributed by atoms with E-state index < -0.39 is 5.97 Å². The van der Waals surface area contributed by atoms with Gasteiger partial charge in [0.1, 0.15) is 5.69 Å². The van der Waals surface area contributed by atoms with Crippen LogP contribution in [0.4, 0.5) is 5.69 Å². The van der Waals surface area contributed by atoms with Crippen molar-refractivity contribution < 1.29 is 28.3 Å². The standard InChI is InChI=1S/C19H18N2O6/c1-24-16-8-12(19(23)26-3)13(9-17(16)25-2)20-18(22)10-14-11-6-4-5-7-15(11)27-21-14/h4-9H,10H2,1-3H3,(H,20,22). The fraction of sp³-hybridized carbons (Fsp3) is 0.211. The molecule has 3 aromatic rings. The van der Waals surface area contributed by atoms with Gasteiger partial charge in [0.25, 0.3) is 0 Å². The molecule has 2 aromatic carbocycles. The molecule has 0 fully saturated rings. The van der Waals surface area contributed by atoms with Crippen LogP contribution in [0.15, 0.2) is 40.9 Å². The Labute approximate surface area is 155 Å². The van der Waals surface area contributed by atoms with E-state index in [0.29, 0.717) is 22.8 Å². The molecule has 8 nitrogen and oxygen atoms in total. The third kappa shape index (κ3) is 3.69. The molecule has 0 atom stereocenters. The number of esters is 1. The van der Waals surface area contributed by atoms with Crippen LogP contribution < -0.4 is 14.8 Å². The number of aromatic nitrogens is 1. The van der Waals surface area contributed by atoms with Gasteiger partial charge in [-0.2, -0.15) is 0 Å². The summed E-state index contributed by atoms with van der Waals surface area (Å²) in [6.45, 7) is 0. The molecule has 1 aromatic heterocycles. The maximum atomic E-state index is 12.5. The highest BCUT2D eigenvalue weighted by atomic mass is 16.5. The van der Waals surface area contributed by atoms with Gasteiger partial charge < -0.3 is 24.1 Å². The van der Waals surface area contributed by atoms with Crippen molar-refractivity contribution in [3.8, 4) is 11.5 Å². The van der Waals surface area contributed by atoms with Crippen LogP contribution in [-0.4, -0.2) is 38.4 Å². The van der Waals surface area contributed by atoms with Crippen LogP contribution in [0.1, 0.15) is 16.1 Å². The number of ether oxygens (including phenoxy) is 3. The second-order valence-corrected chi connectivity index (χ2v) is 5.59. The molecule has 0 saturated heterocycles. The van der Waals surface area contributed by atoms with E-state index in [-0.39, 0.29) is 23.6 Å². The predicted molar refractivity (Wildman–Crippen MR) is 97.2 cm³/mol. The lowest BCUT2D eigenvalue weighted by atomic mass is 10.1. The molecule has 0 aliphatic carbocycles. The van der Waals surface area contributed by atoms with E-state index in [0.717, 1.165) is 5.39 Å². The van der Waals surface area contributed by atoms with Crippen molar-refractivity contribution in [1.82, 2.24) is 5.16 Å². The number of nitrogens with zero attached hydrogens (tertiary/aromatic N) is 1. The van der Waals surface area contributed by atoms with E-state index in [1.807, 2.05) is 18.2 Å². The molecule has 0 bridgehead atoms. The maximum absolute atomic E-state index is 12.5. The first-order valence-electron chi connectivity index (χ1n) is 8.04.